The summed E-state index contributed by atoms with van der Waals surface area (Å²) in [5, 5.41) is 9.44. The van der Waals surface area contributed by atoms with Crippen LogP contribution in [-0.4, -0.2) is 41.2 Å². The van der Waals surface area contributed by atoms with Crippen LogP contribution in [0.4, 0.5) is 0 Å². The van der Waals surface area contributed by atoms with E-state index >= 15 is 0 Å². The fourth-order valence-electron chi connectivity index (χ4n) is 3.07. The average molecular weight is 338 g/mol. The lowest BCUT2D eigenvalue weighted by atomic mass is 9.75. The van der Waals surface area contributed by atoms with Gasteiger partial charge >= 0.3 is 0 Å². The van der Waals surface area contributed by atoms with E-state index < -0.39 is 15.4 Å². The monoisotopic (exact) mass is 338 g/mol. The number of nitrogens with zero attached hydrogens (tertiary/aromatic N) is 3. The zero-order chi connectivity index (χ0) is 16.5. The van der Waals surface area contributed by atoms with Gasteiger partial charge in [-0.1, -0.05) is 0 Å². The predicted octanol–water partition coefficient (Wildman–Crippen LogP) is 0.526. The van der Waals surface area contributed by atoms with Crippen molar-refractivity contribution in [1.82, 2.24) is 14.6 Å². The minimum atomic E-state index is -3.70. The second kappa shape index (κ2) is 5.89. The first-order chi connectivity index (χ1) is 10.9. The second-order valence-corrected chi connectivity index (χ2v) is 7.68. The smallest absolute Gasteiger partial charge is 0.231 e. The van der Waals surface area contributed by atoms with Crippen molar-refractivity contribution in [2.24, 2.45) is 10.6 Å². The Kier molecular flexibility index (Phi) is 4.07. The van der Waals surface area contributed by atoms with Crippen LogP contribution in [0.1, 0.15) is 25.7 Å². The Morgan fingerprint density at radius 2 is 2.22 bits per heavy atom. The van der Waals surface area contributed by atoms with Crippen LogP contribution in [0.15, 0.2) is 24.5 Å². The minimum Gasteiger partial charge on any atom is -0.476 e. The van der Waals surface area contributed by atoms with Crippen LogP contribution >= 0.6 is 0 Å². The van der Waals surface area contributed by atoms with E-state index in [-0.39, 0.29) is 24.6 Å². The molecule has 3 rings (SSSR count). The molecule has 0 amide bonds. The molecule has 0 saturated heterocycles. The number of Topliss-reactive ketones (excluding diaryl/α,β-unsaturated/α-hetero) is 1. The lowest BCUT2D eigenvalue weighted by molar-refractivity contribution is -0.124. The van der Waals surface area contributed by atoms with Gasteiger partial charge in [0.2, 0.25) is 15.9 Å². The Bertz CT molecular complexity index is 832. The number of hydrogen-bond donors (Lipinski definition) is 1. The second-order valence-electron chi connectivity index (χ2n) is 6.07. The van der Waals surface area contributed by atoms with Crippen molar-refractivity contribution < 1.29 is 17.9 Å². The lowest BCUT2D eigenvalue weighted by Gasteiger charge is -2.35. The molecule has 0 bridgehead atoms. The summed E-state index contributed by atoms with van der Waals surface area (Å²) >= 11 is 0. The molecule has 2 aromatic heterocycles. The van der Waals surface area contributed by atoms with Crippen LogP contribution in [-0.2, 0) is 14.8 Å². The summed E-state index contributed by atoms with van der Waals surface area (Å²) in [4.78, 5) is 15.9. The number of imidazole rings is 1. The van der Waals surface area contributed by atoms with Gasteiger partial charge in [0.1, 0.15) is 5.78 Å². The average Bonchev–Trinajstić information content (AvgIpc) is 2.91. The Hall–Kier alpha value is -2.00. The fourth-order valence-corrected chi connectivity index (χ4v) is 4.26. The van der Waals surface area contributed by atoms with Crippen molar-refractivity contribution in [2.45, 2.75) is 25.7 Å². The zero-order valence-corrected chi connectivity index (χ0v) is 13.3. The quantitative estimate of drug-likeness (QED) is 0.850. The Morgan fingerprint density at radius 1 is 1.39 bits per heavy atom. The molecule has 2 aromatic rings. The number of nitrogens with two attached hydrogens (primary N) is 1. The Balaban J connectivity index is 1.79. The Labute approximate surface area is 133 Å². The van der Waals surface area contributed by atoms with E-state index in [0.29, 0.717) is 30.8 Å². The van der Waals surface area contributed by atoms with E-state index in [0.717, 1.165) is 0 Å². The molecule has 0 spiro atoms. The van der Waals surface area contributed by atoms with Crippen molar-refractivity contribution >= 4 is 21.5 Å². The lowest BCUT2D eigenvalue weighted by Crippen LogP contribution is -2.42. The first kappa shape index (κ1) is 15.9. The molecule has 1 unspecified atom stereocenters. The number of hydrogen-bond acceptors (Lipinski definition) is 6. The standard InChI is InChI=1S/C14H18N4O4S/c15-23(20,21)10-14(5-1-2-11(19)8-14)9-22-13-4-3-12-16-6-7-18(12)17-13/h3-4,6-7H,1-2,5,8-10H2,(H2,15,20,21). The fraction of sp³-hybridized carbons (Fsp3) is 0.500. The van der Waals surface area contributed by atoms with Crippen LogP contribution in [0.25, 0.3) is 5.65 Å². The largest absolute Gasteiger partial charge is 0.476 e. The molecular weight excluding hydrogens is 320 g/mol. The number of sulfonamides is 1. The number of carbonyl (C=O) groups excluding carboxylic acids is 1. The van der Waals surface area contributed by atoms with Crippen molar-refractivity contribution in [3.8, 4) is 5.88 Å². The maximum Gasteiger partial charge on any atom is 0.231 e. The van der Waals surface area contributed by atoms with E-state index in [1.165, 1.54) is 0 Å². The third-order valence-electron chi connectivity index (χ3n) is 4.00. The third-order valence-corrected chi connectivity index (χ3v) is 5.01. The summed E-state index contributed by atoms with van der Waals surface area (Å²) in [6, 6.07) is 3.42. The number of primary sulfonamides is 1. The highest BCUT2D eigenvalue weighted by Crippen LogP contribution is 2.36. The highest BCUT2D eigenvalue weighted by atomic mass is 32.2. The van der Waals surface area contributed by atoms with Gasteiger partial charge in [-0.2, -0.15) is 0 Å². The molecule has 8 nitrogen and oxygen atoms in total. The number of aromatic nitrogens is 3. The molecule has 1 aliphatic rings. The SMILES string of the molecule is NS(=O)(=O)CC1(COc2ccc3nccn3n2)CCCC(=O)C1. The zero-order valence-electron chi connectivity index (χ0n) is 12.5. The first-order valence-corrected chi connectivity index (χ1v) is 9.02. The highest BCUT2D eigenvalue weighted by molar-refractivity contribution is 7.89. The van der Waals surface area contributed by atoms with Gasteiger partial charge in [0, 0.05) is 36.7 Å². The summed E-state index contributed by atoms with van der Waals surface area (Å²) in [6.07, 6.45) is 5.18. The topological polar surface area (TPSA) is 117 Å². The number of carbonyl (C=O) groups is 1. The van der Waals surface area contributed by atoms with Gasteiger partial charge in [-0.25, -0.2) is 23.1 Å². The van der Waals surface area contributed by atoms with Crippen molar-refractivity contribution in [1.29, 1.82) is 0 Å². The molecule has 1 fully saturated rings. The minimum absolute atomic E-state index is 0.0431. The maximum atomic E-state index is 11.8. The normalized spacial score (nSPS) is 22.4. The van der Waals surface area contributed by atoms with Gasteiger partial charge in [0.05, 0.1) is 12.4 Å². The van der Waals surface area contributed by atoms with Crippen molar-refractivity contribution in [2.75, 3.05) is 12.4 Å². The van der Waals surface area contributed by atoms with Crippen LogP contribution in [0.5, 0.6) is 5.88 Å². The van der Waals surface area contributed by atoms with Gasteiger partial charge in [0.25, 0.3) is 0 Å². The van der Waals surface area contributed by atoms with E-state index in [4.69, 9.17) is 9.88 Å². The van der Waals surface area contributed by atoms with Gasteiger partial charge in [-0.15, -0.1) is 5.10 Å². The molecule has 23 heavy (non-hydrogen) atoms. The van der Waals surface area contributed by atoms with E-state index in [1.807, 2.05) is 0 Å². The molecule has 2 heterocycles. The summed E-state index contributed by atoms with van der Waals surface area (Å²) in [6.45, 7) is 0.0857. The van der Waals surface area contributed by atoms with E-state index in [1.54, 1.807) is 29.0 Å². The summed E-state index contributed by atoms with van der Waals surface area (Å²) in [5.74, 6) is 0.128. The molecular formula is C14H18N4O4S. The van der Waals surface area contributed by atoms with Crippen LogP contribution in [0.3, 0.4) is 0 Å². The molecule has 0 radical (unpaired) electrons. The first-order valence-electron chi connectivity index (χ1n) is 7.31. The molecule has 2 N–H and O–H groups in total. The number of ketones is 1. The number of fused-ring (bicyclic) bond motifs is 1. The van der Waals surface area contributed by atoms with Crippen LogP contribution in [0.2, 0.25) is 0 Å². The Morgan fingerprint density at radius 3 is 2.96 bits per heavy atom. The van der Waals surface area contributed by atoms with Gasteiger partial charge in [-0.05, 0) is 18.9 Å². The molecule has 9 heteroatoms. The number of rotatable bonds is 5. The highest BCUT2D eigenvalue weighted by Gasteiger charge is 2.40. The van der Waals surface area contributed by atoms with Gasteiger partial charge in [-0.3, -0.25) is 4.79 Å². The summed E-state index contributed by atoms with van der Waals surface area (Å²) < 4.78 is 30.3. The maximum absolute atomic E-state index is 11.8. The molecule has 0 aliphatic heterocycles. The predicted molar refractivity (Wildman–Crippen MR) is 82.4 cm³/mol. The van der Waals surface area contributed by atoms with Crippen LogP contribution in [0, 0.1) is 5.41 Å². The summed E-state index contributed by atoms with van der Waals surface area (Å²) in [5.41, 5.74) is -0.0986. The molecule has 1 atom stereocenters. The van der Waals surface area contributed by atoms with Crippen molar-refractivity contribution in [3.63, 3.8) is 0 Å². The third kappa shape index (κ3) is 3.85. The van der Waals surface area contributed by atoms with E-state index in [9.17, 15) is 13.2 Å². The van der Waals surface area contributed by atoms with Gasteiger partial charge in [0.15, 0.2) is 5.65 Å². The van der Waals surface area contributed by atoms with Crippen LogP contribution < -0.4 is 9.88 Å². The molecule has 124 valence electrons. The molecule has 1 aliphatic carbocycles. The van der Waals surface area contributed by atoms with E-state index in [2.05, 4.69) is 10.1 Å². The number of ether oxygens (including phenoxy) is 1. The van der Waals surface area contributed by atoms with Gasteiger partial charge < -0.3 is 4.74 Å². The molecule has 1 saturated carbocycles. The molecule has 0 aromatic carbocycles. The summed E-state index contributed by atoms with van der Waals surface area (Å²) in [7, 11) is -3.70. The van der Waals surface area contributed by atoms with Crippen molar-refractivity contribution in [3.05, 3.63) is 24.5 Å².